The van der Waals surface area contributed by atoms with Gasteiger partial charge in [0.15, 0.2) is 17.0 Å². The molecule has 8 heteroatoms. The quantitative estimate of drug-likeness (QED) is 0.513. The number of benzene rings is 1. The molecule has 0 atom stereocenters. The lowest BCUT2D eigenvalue weighted by Gasteiger charge is -2.26. The molecule has 0 aliphatic heterocycles. The molecule has 7 nitrogen and oxygen atoms in total. The topological polar surface area (TPSA) is 87.9 Å². The van der Waals surface area contributed by atoms with Crippen LogP contribution in [-0.2, 0) is 6.54 Å². The second kappa shape index (κ2) is 9.83. The highest BCUT2D eigenvalue weighted by Crippen LogP contribution is 2.33. The van der Waals surface area contributed by atoms with Crippen LogP contribution in [0, 0.1) is 0 Å². The highest BCUT2D eigenvalue weighted by atomic mass is 35.5. The fourth-order valence-corrected chi connectivity index (χ4v) is 4.74. The van der Waals surface area contributed by atoms with Gasteiger partial charge >= 0.3 is 0 Å². The first-order valence-corrected chi connectivity index (χ1v) is 11.2. The van der Waals surface area contributed by atoms with Crippen molar-refractivity contribution in [2.75, 3.05) is 10.6 Å². The van der Waals surface area contributed by atoms with Gasteiger partial charge in [-0.15, -0.1) is 12.4 Å². The van der Waals surface area contributed by atoms with E-state index in [9.17, 15) is 5.11 Å². The zero-order chi connectivity index (χ0) is 20.3. The maximum atomic E-state index is 9.81. The average molecular weight is 443 g/mol. The second-order valence-electron chi connectivity index (χ2n) is 8.65. The summed E-state index contributed by atoms with van der Waals surface area (Å²) in [6, 6.07) is 11.1. The Morgan fingerprint density at radius 2 is 1.71 bits per heavy atom. The fourth-order valence-electron chi connectivity index (χ4n) is 4.74. The number of fused-ring (bicyclic) bond motifs is 1. The third-order valence-electron chi connectivity index (χ3n) is 6.47. The molecule has 5 rings (SSSR count). The van der Waals surface area contributed by atoms with Crippen molar-refractivity contribution in [2.24, 2.45) is 0 Å². The van der Waals surface area contributed by atoms with E-state index in [1.54, 1.807) is 0 Å². The average Bonchev–Trinajstić information content (AvgIpc) is 3.44. The van der Waals surface area contributed by atoms with Crippen LogP contribution in [0.4, 0.5) is 11.8 Å². The largest absolute Gasteiger partial charge is 0.393 e. The monoisotopic (exact) mass is 442 g/mol. The zero-order valence-corrected chi connectivity index (χ0v) is 18.5. The predicted molar refractivity (Wildman–Crippen MR) is 126 cm³/mol. The first-order valence-electron chi connectivity index (χ1n) is 11.2. The molecule has 0 unspecified atom stereocenters. The Morgan fingerprint density at radius 3 is 2.45 bits per heavy atom. The van der Waals surface area contributed by atoms with E-state index in [-0.39, 0.29) is 18.5 Å². The minimum Gasteiger partial charge on any atom is -0.393 e. The van der Waals surface area contributed by atoms with Crippen LogP contribution in [0.5, 0.6) is 0 Å². The van der Waals surface area contributed by atoms with E-state index in [0.29, 0.717) is 24.6 Å². The number of aromatic nitrogens is 4. The Kier molecular flexibility index (Phi) is 6.92. The number of halogens is 1. The minimum absolute atomic E-state index is 0. The number of anilines is 2. The lowest BCUT2D eigenvalue weighted by atomic mass is 9.93. The molecule has 0 spiro atoms. The van der Waals surface area contributed by atoms with E-state index < -0.39 is 0 Å². The van der Waals surface area contributed by atoms with E-state index in [1.807, 2.05) is 24.5 Å². The Hall–Kier alpha value is -2.38. The minimum atomic E-state index is -0.168. The molecule has 0 amide bonds. The summed E-state index contributed by atoms with van der Waals surface area (Å²) in [6.45, 7) is 0.693. The molecule has 2 aromatic heterocycles. The number of imidazole rings is 1. The van der Waals surface area contributed by atoms with E-state index >= 15 is 0 Å². The van der Waals surface area contributed by atoms with E-state index in [2.05, 4.69) is 32.3 Å². The van der Waals surface area contributed by atoms with Gasteiger partial charge in [0.2, 0.25) is 5.95 Å². The van der Waals surface area contributed by atoms with Gasteiger partial charge in [-0.05, 0) is 44.1 Å². The lowest BCUT2D eigenvalue weighted by molar-refractivity contribution is 0.126. The van der Waals surface area contributed by atoms with Crippen molar-refractivity contribution in [1.82, 2.24) is 19.5 Å². The van der Waals surface area contributed by atoms with Crippen LogP contribution in [0.15, 0.2) is 36.7 Å². The molecule has 2 fully saturated rings. The number of nitrogens with zero attached hydrogens (tertiary/aromatic N) is 4. The number of aliphatic hydroxyl groups is 1. The Balaban J connectivity index is 0.00000231. The van der Waals surface area contributed by atoms with Gasteiger partial charge in [-0.25, -0.2) is 4.98 Å². The summed E-state index contributed by atoms with van der Waals surface area (Å²) < 4.78 is 2.24. The molecule has 0 bridgehead atoms. The van der Waals surface area contributed by atoms with E-state index in [1.165, 1.54) is 31.2 Å². The molecule has 31 heavy (non-hydrogen) atoms. The van der Waals surface area contributed by atoms with Crippen molar-refractivity contribution >= 4 is 35.3 Å². The predicted octanol–water partition coefficient (Wildman–Crippen LogP) is 4.69. The third kappa shape index (κ3) is 4.93. The van der Waals surface area contributed by atoms with Crippen molar-refractivity contribution in [2.45, 2.75) is 76.1 Å². The molecule has 166 valence electrons. The molecule has 2 aliphatic rings. The summed E-state index contributed by atoms with van der Waals surface area (Å²) in [7, 11) is 0. The first kappa shape index (κ1) is 21.8. The second-order valence-corrected chi connectivity index (χ2v) is 8.65. The smallest absolute Gasteiger partial charge is 0.227 e. The summed E-state index contributed by atoms with van der Waals surface area (Å²) in [5.41, 5.74) is 2.95. The maximum Gasteiger partial charge on any atom is 0.227 e. The molecule has 2 saturated carbocycles. The highest BCUT2D eigenvalue weighted by molar-refractivity contribution is 5.85. The molecule has 2 aliphatic carbocycles. The van der Waals surface area contributed by atoms with Crippen LogP contribution >= 0.6 is 12.4 Å². The van der Waals surface area contributed by atoms with Crippen LogP contribution in [0.25, 0.3) is 11.2 Å². The molecule has 3 N–H and O–H groups in total. The summed E-state index contributed by atoms with van der Waals surface area (Å²) >= 11 is 0. The van der Waals surface area contributed by atoms with Gasteiger partial charge in [0.05, 0.1) is 12.4 Å². The molecule has 0 saturated heterocycles. The van der Waals surface area contributed by atoms with E-state index in [0.717, 1.165) is 42.7 Å². The first-order chi connectivity index (χ1) is 14.8. The van der Waals surface area contributed by atoms with Crippen LogP contribution in [0.1, 0.15) is 63.0 Å². The molecular weight excluding hydrogens is 412 g/mol. The lowest BCUT2D eigenvalue weighted by Crippen LogP contribution is -2.29. The van der Waals surface area contributed by atoms with Crippen molar-refractivity contribution < 1.29 is 5.11 Å². The molecule has 0 radical (unpaired) electrons. The van der Waals surface area contributed by atoms with Crippen molar-refractivity contribution in [3.8, 4) is 0 Å². The molecule has 3 aromatic rings. The standard InChI is InChI=1S/C23H30N6O.ClH/c30-19-12-10-17(11-13-19)26-23-27-21(24-14-16-6-2-1-3-7-16)20-22(28-23)29(15-25-20)18-8-4-5-9-18;/h1-3,6-7,15,17-19,30H,4-5,8-14H2,(H2,24,26,27,28);1H. The number of hydrogen-bond donors (Lipinski definition) is 3. The SMILES string of the molecule is Cl.OC1CCC(Nc2nc(NCc3ccccc3)c3ncn(C4CCCC4)c3n2)CC1. The Bertz CT molecular complexity index is 980. The number of hydrogen-bond acceptors (Lipinski definition) is 6. The van der Waals surface area contributed by atoms with Crippen LogP contribution < -0.4 is 10.6 Å². The summed E-state index contributed by atoms with van der Waals surface area (Å²) in [5.74, 6) is 1.43. The van der Waals surface area contributed by atoms with Gasteiger partial charge in [0.25, 0.3) is 0 Å². The Labute approximate surface area is 189 Å². The van der Waals surface area contributed by atoms with Gasteiger partial charge in [-0.1, -0.05) is 43.2 Å². The Morgan fingerprint density at radius 1 is 0.968 bits per heavy atom. The normalized spacial score (nSPS) is 21.7. The number of aliphatic hydroxyl groups excluding tert-OH is 1. The highest BCUT2D eigenvalue weighted by Gasteiger charge is 2.24. The summed E-state index contributed by atoms with van der Waals surface area (Å²) in [5, 5.41) is 16.8. The number of nitrogens with one attached hydrogen (secondary N) is 2. The van der Waals surface area contributed by atoms with Gasteiger partial charge < -0.3 is 20.3 Å². The summed E-state index contributed by atoms with van der Waals surface area (Å²) in [4.78, 5) is 14.4. The van der Waals surface area contributed by atoms with Gasteiger partial charge in [0.1, 0.15) is 0 Å². The molecular formula is C23H31ClN6O. The summed E-state index contributed by atoms with van der Waals surface area (Å²) in [6.07, 6.45) is 10.2. The molecule has 1 aromatic carbocycles. The van der Waals surface area contributed by atoms with Crippen molar-refractivity contribution in [1.29, 1.82) is 0 Å². The van der Waals surface area contributed by atoms with Crippen LogP contribution in [-0.4, -0.2) is 36.8 Å². The third-order valence-corrected chi connectivity index (χ3v) is 6.47. The van der Waals surface area contributed by atoms with E-state index in [4.69, 9.17) is 9.97 Å². The van der Waals surface area contributed by atoms with Gasteiger partial charge in [-0.2, -0.15) is 9.97 Å². The maximum absolute atomic E-state index is 9.81. The van der Waals surface area contributed by atoms with Crippen LogP contribution in [0.3, 0.4) is 0 Å². The van der Waals surface area contributed by atoms with Crippen molar-refractivity contribution in [3.63, 3.8) is 0 Å². The van der Waals surface area contributed by atoms with Gasteiger partial charge in [-0.3, -0.25) is 0 Å². The van der Waals surface area contributed by atoms with Gasteiger partial charge in [0, 0.05) is 18.6 Å². The number of rotatable bonds is 6. The zero-order valence-electron chi connectivity index (χ0n) is 17.7. The van der Waals surface area contributed by atoms with Crippen LogP contribution in [0.2, 0.25) is 0 Å². The van der Waals surface area contributed by atoms with Crippen molar-refractivity contribution in [3.05, 3.63) is 42.2 Å². The molecule has 2 heterocycles. The fraction of sp³-hybridized carbons (Fsp3) is 0.522.